The average molecular weight is 212 g/mol. The van der Waals surface area contributed by atoms with Gasteiger partial charge in [-0.2, -0.15) is 0 Å². The van der Waals surface area contributed by atoms with Crippen molar-refractivity contribution in [2.24, 2.45) is 4.99 Å². The first kappa shape index (κ1) is 10.8. The highest BCUT2D eigenvalue weighted by molar-refractivity contribution is 6.30. The number of hydrogen-bond donors (Lipinski definition) is 0. The summed E-state index contributed by atoms with van der Waals surface area (Å²) in [4.78, 5) is 13.3. The summed E-state index contributed by atoms with van der Waals surface area (Å²) in [5.41, 5.74) is 0. The van der Waals surface area contributed by atoms with E-state index in [0.717, 1.165) is 0 Å². The van der Waals surface area contributed by atoms with Crippen LogP contribution < -0.4 is 4.74 Å². The molecule has 0 bridgehead atoms. The maximum atomic E-state index is 9.84. The molecule has 0 aromatic heterocycles. The summed E-state index contributed by atoms with van der Waals surface area (Å²) in [6.45, 7) is 2.14. The van der Waals surface area contributed by atoms with Crippen LogP contribution in [0.3, 0.4) is 0 Å². The van der Waals surface area contributed by atoms with E-state index in [4.69, 9.17) is 16.3 Å². The second-order valence-electron chi connectivity index (χ2n) is 2.81. The Balaban J connectivity index is 2.51. The molecule has 0 heterocycles. The van der Waals surface area contributed by atoms with Gasteiger partial charge < -0.3 is 4.74 Å². The zero-order valence-electron chi connectivity index (χ0n) is 7.74. The molecule has 1 aromatic rings. The standard InChI is InChI=1S/C10H10ClNO2/c1-8(6-12-7-13)14-10-4-2-9(11)3-5-10/h2-5,8H,6H2,1H3. The minimum absolute atomic E-state index is 0.141. The molecule has 0 aliphatic carbocycles. The summed E-state index contributed by atoms with van der Waals surface area (Å²) in [6, 6.07) is 7.02. The van der Waals surface area contributed by atoms with Crippen LogP contribution in [-0.2, 0) is 4.79 Å². The molecule has 0 aliphatic heterocycles. The summed E-state index contributed by atoms with van der Waals surface area (Å²) in [6.07, 6.45) is 1.33. The van der Waals surface area contributed by atoms with Crippen LogP contribution in [0.5, 0.6) is 5.75 Å². The van der Waals surface area contributed by atoms with Crippen molar-refractivity contribution < 1.29 is 9.53 Å². The fourth-order valence-corrected chi connectivity index (χ4v) is 1.07. The number of halogens is 1. The van der Waals surface area contributed by atoms with Crippen LogP contribution in [0, 0.1) is 0 Å². The lowest BCUT2D eigenvalue weighted by Gasteiger charge is -2.11. The Morgan fingerprint density at radius 3 is 2.71 bits per heavy atom. The molecule has 4 heteroatoms. The molecule has 1 atom stereocenters. The van der Waals surface area contributed by atoms with Crippen LogP contribution in [0.1, 0.15) is 6.92 Å². The van der Waals surface area contributed by atoms with E-state index in [9.17, 15) is 4.79 Å². The van der Waals surface area contributed by atoms with Gasteiger partial charge in [-0.25, -0.2) is 9.79 Å². The lowest BCUT2D eigenvalue weighted by atomic mass is 10.3. The Bertz CT molecular complexity index is 330. The number of nitrogens with zero attached hydrogens (tertiary/aromatic N) is 1. The predicted octanol–water partition coefficient (Wildman–Crippen LogP) is 2.44. The highest BCUT2D eigenvalue weighted by Gasteiger charge is 2.02. The van der Waals surface area contributed by atoms with E-state index in [1.54, 1.807) is 24.3 Å². The first-order valence-electron chi connectivity index (χ1n) is 4.18. The fourth-order valence-electron chi connectivity index (χ4n) is 0.949. The summed E-state index contributed by atoms with van der Waals surface area (Å²) < 4.78 is 5.44. The van der Waals surface area contributed by atoms with Gasteiger partial charge in [0.05, 0.1) is 6.54 Å². The molecule has 14 heavy (non-hydrogen) atoms. The van der Waals surface area contributed by atoms with Crippen molar-refractivity contribution >= 4 is 17.7 Å². The van der Waals surface area contributed by atoms with Crippen LogP contribution in [0.15, 0.2) is 29.3 Å². The van der Waals surface area contributed by atoms with E-state index in [0.29, 0.717) is 17.3 Å². The van der Waals surface area contributed by atoms with E-state index < -0.39 is 0 Å². The number of isocyanates is 1. The largest absolute Gasteiger partial charge is 0.489 e. The summed E-state index contributed by atoms with van der Waals surface area (Å²) in [7, 11) is 0. The third kappa shape index (κ3) is 3.60. The van der Waals surface area contributed by atoms with Gasteiger partial charge in [-0.15, -0.1) is 0 Å². The minimum Gasteiger partial charge on any atom is -0.489 e. The van der Waals surface area contributed by atoms with Gasteiger partial charge >= 0.3 is 0 Å². The smallest absolute Gasteiger partial charge is 0.235 e. The lowest BCUT2D eigenvalue weighted by Crippen LogP contribution is -2.15. The Labute approximate surface area is 87.4 Å². The first-order chi connectivity index (χ1) is 6.72. The molecular formula is C10H10ClNO2. The number of benzene rings is 1. The van der Waals surface area contributed by atoms with Crippen molar-refractivity contribution in [2.45, 2.75) is 13.0 Å². The highest BCUT2D eigenvalue weighted by atomic mass is 35.5. The molecule has 74 valence electrons. The van der Waals surface area contributed by atoms with Crippen LogP contribution in [0.25, 0.3) is 0 Å². The van der Waals surface area contributed by atoms with Crippen LogP contribution in [0.4, 0.5) is 0 Å². The Morgan fingerprint density at radius 1 is 1.50 bits per heavy atom. The number of aliphatic imine (C=N–C) groups is 1. The first-order valence-corrected chi connectivity index (χ1v) is 4.56. The molecule has 1 aromatic carbocycles. The lowest BCUT2D eigenvalue weighted by molar-refractivity contribution is 0.230. The van der Waals surface area contributed by atoms with Crippen molar-refractivity contribution in [3.05, 3.63) is 29.3 Å². The van der Waals surface area contributed by atoms with E-state index >= 15 is 0 Å². The number of carbonyl (C=O) groups excluding carboxylic acids is 1. The van der Waals surface area contributed by atoms with E-state index in [1.165, 1.54) is 6.08 Å². The maximum Gasteiger partial charge on any atom is 0.235 e. The SMILES string of the molecule is CC(CN=C=O)Oc1ccc(Cl)cc1. The molecule has 0 fully saturated rings. The molecule has 0 spiro atoms. The predicted molar refractivity (Wildman–Crippen MR) is 54.5 cm³/mol. The fraction of sp³-hybridized carbons (Fsp3) is 0.300. The zero-order chi connectivity index (χ0) is 10.4. The molecule has 1 unspecified atom stereocenters. The Hall–Kier alpha value is -1.31. The molecular weight excluding hydrogens is 202 g/mol. The Morgan fingerprint density at radius 2 is 2.14 bits per heavy atom. The van der Waals surface area contributed by atoms with E-state index in [1.807, 2.05) is 6.92 Å². The van der Waals surface area contributed by atoms with Crippen molar-refractivity contribution in [3.8, 4) is 5.75 Å². The topological polar surface area (TPSA) is 38.7 Å². The van der Waals surface area contributed by atoms with Gasteiger partial charge in [-0.1, -0.05) is 11.6 Å². The van der Waals surface area contributed by atoms with Gasteiger partial charge in [0, 0.05) is 5.02 Å². The molecule has 0 radical (unpaired) electrons. The quantitative estimate of drug-likeness (QED) is 0.567. The highest BCUT2D eigenvalue weighted by Crippen LogP contribution is 2.16. The van der Waals surface area contributed by atoms with Gasteiger partial charge in [0.15, 0.2) is 0 Å². The van der Waals surface area contributed by atoms with Crippen molar-refractivity contribution in [1.82, 2.24) is 0 Å². The van der Waals surface area contributed by atoms with Crippen LogP contribution in [-0.4, -0.2) is 18.7 Å². The minimum atomic E-state index is -0.141. The second kappa shape index (κ2) is 5.43. The van der Waals surface area contributed by atoms with Crippen molar-refractivity contribution in [1.29, 1.82) is 0 Å². The normalized spacial score (nSPS) is 11.6. The van der Waals surface area contributed by atoms with Gasteiger partial charge in [-0.3, -0.25) is 0 Å². The number of hydrogen-bond acceptors (Lipinski definition) is 3. The van der Waals surface area contributed by atoms with Crippen molar-refractivity contribution in [3.63, 3.8) is 0 Å². The van der Waals surface area contributed by atoms with Crippen molar-refractivity contribution in [2.75, 3.05) is 6.54 Å². The zero-order valence-corrected chi connectivity index (χ0v) is 8.49. The monoisotopic (exact) mass is 211 g/mol. The summed E-state index contributed by atoms with van der Waals surface area (Å²) in [5.74, 6) is 0.711. The van der Waals surface area contributed by atoms with E-state index in [-0.39, 0.29) is 6.10 Å². The molecule has 0 amide bonds. The summed E-state index contributed by atoms with van der Waals surface area (Å²) >= 11 is 5.71. The van der Waals surface area contributed by atoms with Gasteiger partial charge in [0.25, 0.3) is 0 Å². The molecule has 3 nitrogen and oxygen atoms in total. The van der Waals surface area contributed by atoms with Gasteiger partial charge in [-0.05, 0) is 31.2 Å². The third-order valence-corrected chi connectivity index (χ3v) is 1.82. The maximum absolute atomic E-state index is 9.84. The Kier molecular flexibility index (Phi) is 4.17. The molecule has 1 rings (SSSR count). The molecule has 0 saturated heterocycles. The van der Waals surface area contributed by atoms with Gasteiger partial charge in [0.1, 0.15) is 11.9 Å². The van der Waals surface area contributed by atoms with E-state index in [2.05, 4.69) is 4.99 Å². The second-order valence-corrected chi connectivity index (χ2v) is 3.25. The molecule has 0 N–H and O–H groups in total. The number of ether oxygens (including phenoxy) is 1. The van der Waals surface area contributed by atoms with Crippen LogP contribution in [0.2, 0.25) is 5.02 Å². The molecule has 0 aliphatic rings. The number of rotatable bonds is 4. The van der Waals surface area contributed by atoms with Gasteiger partial charge in [0.2, 0.25) is 6.08 Å². The van der Waals surface area contributed by atoms with Crippen LogP contribution >= 0.6 is 11.6 Å². The summed E-state index contributed by atoms with van der Waals surface area (Å²) in [5, 5.41) is 0.663. The molecule has 0 saturated carbocycles. The average Bonchev–Trinajstić information content (AvgIpc) is 2.18. The third-order valence-electron chi connectivity index (χ3n) is 1.56.